The second-order valence-corrected chi connectivity index (χ2v) is 0. The number of rotatable bonds is 0. The van der Waals surface area contributed by atoms with Crippen molar-refractivity contribution in [2.24, 2.45) is 0 Å². The van der Waals surface area contributed by atoms with Crippen molar-refractivity contribution in [3.8, 4) is 0 Å². The third kappa shape index (κ3) is 30.3. The van der Waals surface area contributed by atoms with Crippen LogP contribution in [0.15, 0.2) is 0 Å². The van der Waals surface area contributed by atoms with Crippen molar-refractivity contribution in [1.82, 2.24) is 0 Å². The standard InChI is InChI=1S/Ag.Cd.2O.S.Ti/q+1;+2;3*-2;+4. The normalized spacial score (nSPS) is 0. The van der Waals surface area contributed by atoms with Gasteiger partial charge in [0.25, 0.3) is 0 Å². The van der Waals surface area contributed by atoms with Gasteiger partial charge < -0.3 is 24.4 Å². The molecule has 0 heterocycles. The molecule has 0 aromatic rings. The summed E-state index contributed by atoms with van der Waals surface area (Å²) in [5, 5.41) is 0. The predicted octanol–water partition coefficient (Wildman–Crippen LogP) is -0.248. The van der Waals surface area contributed by atoms with Gasteiger partial charge in [-0.3, -0.25) is 0 Å². The Morgan fingerprint density at radius 1 is 0.833 bits per heavy atom. The first-order chi connectivity index (χ1) is 0. The van der Waals surface area contributed by atoms with Gasteiger partial charge in [0, 0.05) is 0 Å². The van der Waals surface area contributed by atoms with Crippen LogP contribution in [-0.4, -0.2) is 0 Å². The van der Waals surface area contributed by atoms with Gasteiger partial charge in [0.2, 0.25) is 0 Å². The van der Waals surface area contributed by atoms with Crippen molar-refractivity contribution in [1.29, 1.82) is 0 Å². The third-order valence-corrected chi connectivity index (χ3v) is 0. The van der Waals surface area contributed by atoms with Gasteiger partial charge in [-0.05, 0) is 0 Å². The quantitative estimate of drug-likeness (QED) is 0.550. The van der Waals surface area contributed by atoms with Crippen molar-refractivity contribution in [3.05, 3.63) is 0 Å². The molecule has 6 heavy (non-hydrogen) atoms. The minimum atomic E-state index is 0. The first-order valence-corrected chi connectivity index (χ1v) is 0. The maximum atomic E-state index is 0. The van der Waals surface area contributed by atoms with E-state index in [1.165, 1.54) is 0 Å². The fourth-order valence-corrected chi connectivity index (χ4v) is 0. The summed E-state index contributed by atoms with van der Waals surface area (Å²) in [5.41, 5.74) is 0. The second kappa shape index (κ2) is 48.2. The van der Waals surface area contributed by atoms with Crippen molar-refractivity contribution >= 4 is 13.5 Å². The molecule has 6 heteroatoms. The van der Waals surface area contributed by atoms with Gasteiger partial charge in [-0.1, -0.05) is 0 Å². The first-order valence-electron chi connectivity index (χ1n) is 0. The molecule has 0 rings (SSSR count). The Morgan fingerprint density at radius 2 is 0.833 bits per heavy atom. The van der Waals surface area contributed by atoms with Crippen LogP contribution in [-0.2, 0) is 95.8 Å². The van der Waals surface area contributed by atoms with Gasteiger partial charge in [-0.15, -0.1) is 0 Å². The minimum absolute atomic E-state index is 0. The van der Waals surface area contributed by atoms with Crippen molar-refractivity contribution in [2.45, 2.75) is 0 Å². The van der Waals surface area contributed by atoms with Gasteiger partial charge in [-0.2, -0.15) is 0 Å². The molecule has 0 spiro atoms. The van der Waals surface area contributed by atoms with Crippen LogP contribution in [0.5, 0.6) is 0 Å². The molecular weight excluding hydrogens is 332 g/mol. The van der Waals surface area contributed by atoms with E-state index in [0.29, 0.717) is 0 Å². The number of hydrogen-bond acceptors (Lipinski definition) is 0. The van der Waals surface area contributed by atoms with E-state index < -0.39 is 0 Å². The van der Waals surface area contributed by atoms with Crippen molar-refractivity contribution < 1.29 is 82.3 Å². The van der Waals surface area contributed by atoms with Crippen LogP contribution in [0.1, 0.15) is 0 Å². The molecule has 0 saturated carbocycles. The fourth-order valence-electron chi connectivity index (χ4n) is 0. The largest absolute Gasteiger partial charge is 4.00 e. The maximum absolute atomic E-state index is 0. The Bertz CT molecular complexity index is 13.5. The summed E-state index contributed by atoms with van der Waals surface area (Å²) in [6.45, 7) is 0. The zero-order valence-electron chi connectivity index (χ0n) is 2.73. The monoisotopic (exact) mass is 333 g/mol. The molecule has 0 saturated heterocycles. The Labute approximate surface area is 94.4 Å². The summed E-state index contributed by atoms with van der Waals surface area (Å²) in [6.07, 6.45) is 0. The molecule has 0 bridgehead atoms. The summed E-state index contributed by atoms with van der Waals surface area (Å²) in [7, 11) is 0. The molecular formula is AgCdO2STi+. The average molecular weight is 332 g/mol. The molecule has 2 nitrogen and oxygen atoms in total. The number of hydrogen-bond donors (Lipinski definition) is 0. The van der Waals surface area contributed by atoms with Crippen LogP contribution in [0, 0.1) is 0 Å². The molecule has 0 aromatic carbocycles. The van der Waals surface area contributed by atoms with Gasteiger partial charge in [-0.25, -0.2) is 0 Å². The molecule has 0 unspecified atom stereocenters. The van der Waals surface area contributed by atoms with Gasteiger partial charge in [0.05, 0.1) is 0 Å². The van der Waals surface area contributed by atoms with Gasteiger partial charge in [0.15, 0.2) is 0 Å². The predicted molar refractivity (Wildman–Crippen MR) is 8.74 cm³/mol. The summed E-state index contributed by atoms with van der Waals surface area (Å²) in [5.74, 6) is 0. The van der Waals surface area contributed by atoms with E-state index in [2.05, 4.69) is 0 Å². The van der Waals surface area contributed by atoms with Gasteiger partial charge in [0.1, 0.15) is 0 Å². The van der Waals surface area contributed by atoms with Crippen LogP contribution in [0.3, 0.4) is 0 Å². The molecule has 34 valence electrons. The Hall–Kier alpha value is 2.65. The summed E-state index contributed by atoms with van der Waals surface area (Å²) < 4.78 is 0. The Kier molecular flexibility index (Phi) is 580. The minimum Gasteiger partial charge on any atom is -2.00 e. The van der Waals surface area contributed by atoms with Gasteiger partial charge >= 0.3 is 71.4 Å². The van der Waals surface area contributed by atoms with E-state index in [9.17, 15) is 0 Å². The molecule has 0 N–H and O–H groups in total. The molecule has 0 aromatic heterocycles. The molecule has 0 fully saturated rings. The van der Waals surface area contributed by atoms with Crippen molar-refractivity contribution in [3.63, 3.8) is 0 Å². The smallest absolute Gasteiger partial charge is 2.00 e. The molecule has 0 amide bonds. The van der Waals surface area contributed by atoms with E-state index in [0.717, 1.165) is 0 Å². The second-order valence-electron chi connectivity index (χ2n) is 0. The molecule has 0 atom stereocenters. The summed E-state index contributed by atoms with van der Waals surface area (Å²) in [6, 6.07) is 0. The van der Waals surface area contributed by atoms with E-state index in [1.54, 1.807) is 0 Å². The molecule has 0 aliphatic carbocycles. The molecule has 0 radical (unpaired) electrons. The summed E-state index contributed by atoms with van der Waals surface area (Å²) in [4.78, 5) is 0. The zero-order valence-corrected chi connectivity index (χ0v) is 10.6. The van der Waals surface area contributed by atoms with E-state index in [4.69, 9.17) is 0 Å². The maximum Gasteiger partial charge on any atom is 4.00 e. The Balaban J connectivity index is 0. The summed E-state index contributed by atoms with van der Waals surface area (Å²) >= 11 is 0. The van der Waals surface area contributed by atoms with Crippen molar-refractivity contribution in [2.75, 3.05) is 0 Å². The third-order valence-electron chi connectivity index (χ3n) is 0. The average Bonchev–Trinajstić information content (AvgIpc) is 0. The van der Waals surface area contributed by atoms with Crippen LogP contribution in [0.4, 0.5) is 0 Å². The van der Waals surface area contributed by atoms with Crippen LogP contribution in [0.25, 0.3) is 0 Å². The van der Waals surface area contributed by atoms with Crippen LogP contribution < -0.4 is 0 Å². The van der Waals surface area contributed by atoms with E-state index in [-0.39, 0.29) is 95.8 Å². The molecule has 0 aliphatic heterocycles. The topological polar surface area (TPSA) is 57.0 Å². The zero-order chi connectivity index (χ0) is 0. The van der Waals surface area contributed by atoms with Crippen LogP contribution >= 0.6 is 0 Å². The van der Waals surface area contributed by atoms with E-state index in [1.807, 2.05) is 0 Å². The van der Waals surface area contributed by atoms with Crippen LogP contribution in [0.2, 0.25) is 0 Å². The fraction of sp³-hybridized carbons (Fsp3) is 0. The van der Waals surface area contributed by atoms with E-state index >= 15 is 0 Å². The first kappa shape index (κ1) is 72.2. The molecule has 0 aliphatic rings. The Morgan fingerprint density at radius 3 is 0.833 bits per heavy atom. The SMILES string of the molecule is [Ag+].[Cd+2].[O-2].[O-2].[S-2].[Ti+4].